The summed E-state index contributed by atoms with van der Waals surface area (Å²) in [6.45, 7) is 1.70. The van der Waals surface area contributed by atoms with Gasteiger partial charge in [-0.25, -0.2) is 9.78 Å². The molecule has 0 spiro atoms. The zero-order valence-electron chi connectivity index (χ0n) is 14.0. The predicted octanol–water partition coefficient (Wildman–Crippen LogP) is 2.03. The Morgan fingerprint density at radius 3 is 2.96 bits per heavy atom. The summed E-state index contributed by atoms with van der Waals surface area (Å²) in [5.41, 5.74) is 2.96. The number of nitrogens with zero attached hydrogens (tertiary/aromatic N) is 4. The van der Waals surface area contributed by atoms with Gasteiger partial charge in [0.15, 0.2) is 5.65 Å². The molecule has 1 saturated heterocycles. The molecule has 26 heavy (non-hydrogen) atoms. The van der Waals surface area contributed by atoms with Crippen LogP contribution in [0.3, 0.4) is 0 Å². The Morgan fingerprint density at radius 2 is 2.19 bits per heavy atom. The molecule has 1 fully saturated rings. The highest BCUT2D eigenvalue weighted by Crippen LogP contribution is 2.35. The summed E-state index contributed by atoms with van der Waals surface area (Å²) in [6, 6.07) is 3.76. The molecule has 0 amide bonds. The third-order valence-corrected chi connectivity index (χ3v) is 5.16. The van der Waals surface area contributed by atoms with Gasteiger partial charge in [0.2, 0.25) is 5.95 Å². The lowest BCUT2D eigenvalue weighted by Crippen LogP contribution is -2.37. The SMILES string of the molecule is Cn1c(=O)n(C2COC2)c2nc(Nc3cc4c(cc3Cl)OCC4)ncc21. The number of hydrogen-bond donors (Lipinski definition) is 1. The normalized spacial score (nSPS) is 16.4. The van der Waals surface area contributed by atoms with Crippen molar-refractivity contribution >= 4 is 34.4 Å². The van der Waals surface area contributed by atoms with Crippen molar-refractivity contribution in [3.05, 3.63) is 39.4 Å². The van der Waals surface area contributed by atoms with Crippen LogP contribution >= 0.6 is 11.6 Å². The van der Waals surface area contributed by atoms with Crippen molar-refractivity contribution in [1.82, 2.24) is 19.1 Å². The molecule has 2 aliphatic rings. The van der Waals surface area contributed by atoms with E-state index in [-0.39, 0.29) is 11.7 Å². The molecule has 3 aromatic rings. The smallest absolute Gasteiger partial charge is 0.330 e. The number of anilines is 2. The topological polar surface area (TPSA) is 83.2 Å². The van der Waals surface area contributed by atoms with E-state index in [1.165, 1.54) is 0 Å². The molecule has 0 unspecified atom stereocenters. The Kier molecular flexibility index (Phi) is 3.44. The lowest BCUT2D eigenvalue weighted by Gasteiger charge is -2.26. The van der Waals surface area contributed by atoms with Crippen molar-refractivity contribution in [2.45, 2.75) is 12.5 Å². The second-order valence-corrected chi connectivity index (χ2v) is 6.88. The highest BCUT2D eigenvalue weighted by molar-refractivity contribution is 6.33. The zero-order valence-corrected chi connectivity index (χ0v) is 14.8. The fourth-order valence-electron chi connectivity index (χ4n) is 3.31. The van der Waals surface area contributed by atoms with Crippen molar-refractivity contribution in [2.75, 3.05) is 25.1 Å². The average Bonchev–Trinajstić information content (AvgIpc) is 3.12. The first-order valence-corrected chi connectivity index (χ1v) is 8.73. The molecule has 1 aromatic carbocycles. The van der Waals surface area contributed by atoms with Gasteiger partial charge < -0.3 is 14.8 Å². The molecule has 2 aromatic heterocycles. The average molecular weight is 374 g/mol. The Labute approximate surface area is 153 Å². The second kappa shape index (κ2) is 5.72. The van der Waals surface area contributed by atoms with Gasteiger partial charge in [-0.2, -0.15) is 4.98 Å². The molecule has 0 aliphatic carbocycles. The van der Waals surface area contributed by atoms with E-state index in [2.05, 4.69) is 15.3 Å². The van der Waals surface area contributed by atoms with Gasteiger partial charge in [0.05, 0.1) is 42.8 Å². The van der Waals surface area contributed by atoms with E-state index in [0.717, 1.165) is 17.7 Å². The molecule has 8 nitrogen and oxygen atoms in total. The van der Waals surface area contributed by atoms with Crippen LogP contribution in [-0.4, -0.2) is 38.9 Å². The van der Waals surface area contributed by atoms with Crippen molar-refractivity contribution in [3.63, 3.8) is 0 Å². The maximum absolute atomic E-state index is 12.5. The van der Waals surface area contributed by atoms with Gasteiger partial charge in [0, 0.05) is 19.5 Å². The van der Waals surface area contributed by atoms with Gasteiger partial charge in [-0.1, -0.05) is 11.6 Å². The molecular weight excluding hydrogens is 358 g/mol. The van der Waals surface area contributed by atoms with E-state index >= 15 is 0 Å². The first-order chi connectivity index (χ1) is 12.6. The fourth-order valence-corrected chi connectivity index (χ4v) is 3.51. The summed E-state index contributed by atoms with van der Waals surface area (Å²) in [5.74, 6) is 1.21. The number of hydrogen-bond acceptors (Lipinski definition) is 6. The first-order valence-electron chi connectivity index (χ1n) is 8.36. The highest BCUT2D eigenvalue weighted by atomic mass is 35.5. The minimum atomic E-state index is -0.118. The van der Waals surface area contributed by atoms with Crippen LogP contribution in [0.25, 0.3) is 11.2 Å². The van der Waals surface area contributed by atoms with E-state index < -0.39 is 0 Å². The van der Waals surface area contributed by atoms with Gasteiger partial charge in [-0.3, -0.25) is 9.13 Å². The molecule has 0 atom stereocenters. The molecular formula is C17H16ClN5O3. The van der Waals surface area contributed by atoms with Gasteiger partial charge in [-0.15, -0.1) is 0 Å². The molecule has 0 saturated carbocycles. The first kappa shape index (κ1) is 15.7. The number of halogens is 1. The third kappa shape index (κ3) is 2.29. The van der Waals surface area contributed by atoms with Crippen LogP contribution in [0, 0.1) is 0 Å². The van der Waals surface area contributed by atoms with Crippen LogP contribution in [0.5, 0.6) is 5.75 Å². The molecule has 0 radical (unpaired) electrons. The van der Waals surface area contributed by atoms with Crippen LogP contribution < -0.4 is 15.7 Å². The highest BCUT2D eigenvalue weighted by Gasteiger charge is 2.27. The van der Waals surface area contributed by atoms with Gasteiger partial charge in [0.25, 0.3) is 0 Å². The number of benzene rings is 1. The van der Waals surface area contributed by atoms with E-state index in [1.54, 1.807) is 28.4 Å². The number of imidazole rings is 1. The quantitative estimate of drug-likeness (QED) is 0.756. The molecule has 9 heteroatoms. The number of rotatable bonds is 3. The summed E-state index contributed by atoms with van der Waals surface area (Å²) >= 11 is 6.34. The van der Waals surface area contributed by atoms with Gasteiger partial charge in [0.1, 0.15) is 11.3 Å². The summed E-state index contributed by atoms with van der Waals surface area (Å²) in [6.07, 6.45) is 2.49. The Bertz CT molecular complexity index is 1090. The second-order valence-electron chi connectivity index (χ2n) is 6.47. The van der Waals surface area contributed by atoms with E-state index in [9.17, 15) is 4.79 Å². The van der Waals surface area contributed by atoms with Crippen molar-refractivity contribution in [1.29, 1.82) is 0 Å². The van der Waals surface area contributed by atoms with Gasteiger partial charge in [-0.05, 0) is 11.6 Å². The molecule has 2 aliphatic heterocycles. The molecule has 134 valence electrons. The van der Waals surface area contributed by atoms with Crippen LogP contribution in [0.2, 0.25) is 5.02 Å². The maximum Gasteiger partial charge on any atom is 0.330 e. The Hall–Kier alpha value is -2.58. The largest absolute Gasteiger partial charge is 0.493 e. The Morgan fingerprint density at radius 1 is 1.35 bits per heavy atom. The molecule has 0 bridgehead atoms. The zero-order chi connectivity index (χ0) is 17.8. The van der Waals surface area contributed by atoms with Crippen LogP contribution in [0.4, 0.5) is 11.6 Å². The van der Waals surface area contributed by atoms with E-state index in [4.69, 9.17) is 21.1 Å². The summed E-state index contributed by atoms with van der Waals surface area (Å²) in [7, 11) is 1.72. The number of aryl methyl sites for hydroxylation is 1. The van der Waals surface area contributed by atoms with E-state index in [1.807, 2.05) is 6.07 Å². The monoisotopic (exact) mass is 373 g/mol. The number of fused-ring (bicyclic) bond motifs is 2. The molecule has 1 N–H and O–H groups in total. The lowest BCUT2D eigenvalue weighted by atomic mass is 10.1. The van der Waals surface area contributed by atoms with Gasteiger partial charge >= 0.3 is 5.69 Å². The van der Waals surface area contributed by atoms with E-state index in [0.29, 0.717) is 47.6 Å². The number of nitrogens with one attached hydrogen (secondary N) is 1. The van der Waals surface area contributed by atoms with Crippen molar-refractivity contribution in [3.8, 4) is 5.75 Å². The van der Waals surface area contributed by atoms with Crippen molar-refractivity contribution in [2.24, 2.45) is 7.05 Å². The van der Waals surface area contributed by atoms with Crippen LogP contribution in [0.15, 0.2) is 23.1 Å². The third-order valence-electron chi connectivity index (χ3n) is 4.84. The maximum atomic E-state index is 12.5. The number of ether oxygens (including phenoxy) is 2. The predicted molar refractivity (Wildman–Crippen MR) is 96.6 cm³/mol. The lowest BCUT2D eigenvalue weighted by molar-refractivity contribution is -0.0233. The summed E-state index contributed by atoms with van der Waals surface area (Å²) in [4.78, 5) is 21.4. The minimum Gasteiger partial charge on any atom is -0.493 e. The standard InChI is InChI=1S/C17H16ClN5O3/c1-22-13-6-19-16(21-15(13)23(17(22)24)10-7-25-8-10)20-12-4-9-2-3-26-14(9)5-11(12)18/h4-6,10H,2-3,7-8H2,1H3,(H,19,20,21). The Balaban J connectivity index is 1.57. The van der Waals surface area contributed by atoms with Crippen molar-refractivity contribution < 1.29 is 9.47 Å². The fraction of sp³-hybridized carbons (Fsp3) is 0.353. The minimum absolute atomic E-state index is 0.00896. The molecule has 5 rings (SSSR count). The molecule has 4 heterocycles. The van der Waals surface area contributed by atoms with Crippen LogP contribution in [0.1, 0.15) is 11.6 Å². The summed E-state index contributed by atoms with van der Waals surface area (Å²) < 4.78 is 14.0. The number of aromatic nitrogens is 4. The summed E-state index contributed by atoms with van der Waals surface area (Å²) in [5, 5.41) is 3.69. The van der Waals surface area contributed by atoms with Crippen LogP contribution in [-0.2, 0) is 18.2 Å².